The van der Waals surface area contributed by atoms with Crippen LogP contribution in [0.5, 0.6) is 0 Å². The number of halogens is 1. The molecular formula is C9H14ClNO2. The standard InChI is InChI=1S/C9H13NO2.ClH/c11-5-8-3-10-4-9(8)7-1-2-12-6-7;/h1-2,6,8-11H,3-5H2;1H. The summed E-state index contributed by atoms with van der Waals surface area (Å²) in [6.07, 6.45) is 3.45. The zero-order chi connectivity index (χ0) is 8.39. The van der Waals surface area contributed by atoms with Crippen LogP contribution in [-0.4, -0.2) is 24.8 Å². The summed E-state index contributed by atoms with van der Waals surface area (Å²) in [5.41, 5.74) is 1.19. The van der Waals surface area contributed by atoms with Crippen molar-refractivity contribution in [3.63, 3.8) is 0 Å². The fourth-order valence-corrected chi connectivity index (χ4v) is 1.80. The number of aliphatic hydroxyl groups is 1. The zero-order valence-electron chi connectivity index (χ0n) is 7.27. The summed E-state index contributed by atoms with van der Waals surface area (Å²) < 4.78 is 5.01. The highest BCUT2D eigenvalue weighted by molar-refractivity contribution is 5.85. The Hall–Kier alpha value is -0.510. The fourth-order valence-electron chi connectivity index (χ4n) is 1.80. The maximum absolute atomic E-state index is 9.06. The Morgan fingerprint density at radius 2 is 2.38 bits per heavy atom. The zero-order valence-corrected chi connectivity index (χ0v) is 8.09. The highest BCUT2D eigenvalue weighted by Gasteiger charge is 2.28. The quantitative estimate of drug-likeness (QED) is 0.754. The van der Waals surface area contributed by atoms with Crippen molar-refractivity contribution in [2.24, 2.45) is 5.92 Å². The van der Waals surface area contributed by atoms with Crippen LogP contribution in [0.4, 0.5) is 0 Å². The first kappa shape index (κ1) is 10.6. The van der Waals surface area contributed by atoms with Gasteiger partial charge in [0.15, 0.2) is 0 Å². The molecule has 0 saturated carbocycles. The summed E-state index contributed by atoms with van der Waals surface area (Å²) in [6, 6.07) is 1.97. The van der Waals surface area contributed by atoms with Crippen LogP contribution in [-0.2, 0) is 0 Å². The maximum Gasteiger partial charge on any atom is 0.0937 e. The third kappa shape index (κ3) is 2.05. The Labute approximate surface area is 83.5 Å². The van der Waals surface area contributed by atoms with E-state index >= 15 is 0 Å². The van der Waals surface area contributed by atoms with Gasteiger partial charge in [0.05, 0.1) is 12.5 Å². The van der Waals surface area contributed by atoms with Gasteiger partial charge >= 0.3 is 0 Å². The number of rotatable bonds is 2. The molecule has 1 fully saturated rings. The van der Waals surface area contributed by atoms with E-state index in [1.807, 2.05) is 6.07 Å². The van der Waals surface area contributed by atoms with Crippen LogP contribution in [0.2, 0.25) is 0 Å². The molecule has 3 nitrogen and oxygen atoms in total. The molecule has 74 valence electrons. The van der Waals surface area contributed by atoms with Crippen LogP contribution in [0.3, 0.4) is 0 Å². The Bertz CT molecular complexity index is 238. The second-order valence-corrected chi connectivity index (χ2v) is 3.26. The van der Waals surface area contributed by atoms with Gasteiger partial charge in [-0.3, -0.25) is 0 Å². The normalized spacial score (nSPS) is 27.2. The molecule has 1 aromatic heterocycles. The van der Waals surface area contributed by atoms with Gasteiger partial charge in [0.1, 0.15) is 0 Å². The predicted octanol–water partition coefficient (Wildman–Crippen LogP) is 0.997. The first-order chi connectivity index (χ1) is 5.92. The monoisotopic (exact) mass is 203 g/mol. The van der Waals surface area contributed by atoms with Gasteiger partial charge in [-0.15, -0.1) is 12.4 Å². The van der Waals surface area contributed by atoms with Crippen molar-refractivity contribution in [3.05, 3.63) is 24.2 Å². The van der Waals surface area contributed by atoms with E-state index in [9.17, 15) is 0 Å². The van der Waals surface area contributed by atoms with Crippen molar-refractivity contribution < 1.29 is 9.52 Å². The lowest BCUT2D eigenvalue weighted by atomic mass is 9.91. The van der Waals surface area contributed by atoms with E-state index < -0.39 is 0 Å². The summed E-state index contributed by atoms with van der Waals surface area (Å²) in [7, 11) is 0. The Morgan fingerprint density at radius 3 is 3.00 bits per heavy atom. The number of nitrogens with one attached hydrogen (secondary N) is 1. The van der Waals surface area contributed by atoms with E-state index in [2.05, 4.69) is 5.32 Å². The van der Waals surface area contributed by atoms with E-state index in [0.29, 0.717) is 11.8 Å². The Morgan fingerprint density at radius 1 is 1.54 bits per heavy atom. The highest BCUT2D eigenvalue weighted by Crippen LogP contribution is 2.27. The highest BCUT2D eigenvalue weighted by atomic mass is 35.5. The molecule has 2 unspecified atom stereocenters. The van der Waals surface area contributed by atoms with Crippen LogP contribution >= 0.6 is 12.4 Å². The number of furan rings is 1. The number of hydrogen-bond acceptors (Lipinski definition) is 3. The van der Waals surface area contributed by atoms with Crippen LogP contribution in [0.25, 0.3) is 0 Å². The summed E-state index contributed by atoms with van der Waals surface area (Å²) in [4.78, 5) is 0. The van der Waals surface area contributed by atoms with E-state index in [1.165, 1.54) is 5.56 Å². The van der Waals surface area contributed by atoms with Crippen molar-refractivity contribution in [1.29, 1.82) is 0 Å². The van der Waals surface area contributed by atoms with Crippen LogP contribution in [0.15, 0.2) is 23.0 Å². The molecule has 2 atom stereocenters. The summed E-state index contributed by atoms with van der Waals surface area (Å²) >= 11 is 0. The largest absolute Gasteiger partial charge is 0.472 e. The first-order valence-electron chi connectivity index (χ1n) is 4.25. The van der Waals surface area contributed by atoms with Crippen LogP contribution < -0.4 is 5.32 Å². The van der Waals surface area contributed by atoms with Crippen LogP contribution in [0, 0.1) is 5.92 Å². The molecule has 0 radical (unpaired) electrons. The number of hydrogen-bond donors (Lipinski definition) is 2. The minimum Gasteiger partial charge on any atom is -0.472 e. The van der Waals surface area contributed by atoms with Crippen molar-refractivity contribution in [2.45, 2.75) is 5.92 Å². The van der Waals surface area contributed by atoms with E-state index in [0.717, 1.165) is 13.1 Å². The molecule has 2 heterocycles. The lowest BCUT2D eigenvalue weighted by Crippen LogP contribution is -2.14. The molecule has 1 aliphatic rings. The lowest BCUT2D eigenvalue weighted by Gasteiger charge is -2.13. The minimum absolute atomic E-state index is 0. The molecule has 2 rings (SSSR count). The van der Waals surface area contributed by atoms with Gasteiger partial charge in [-0.1, -0.05) is 0 Å². The molecule has 13 heavy (non-hydrogen) atoms. The Kier molecular flexibility index (Phi) is 3.78. The average molecular weight is 204 g/mol. The van der Waals surface area contributed by atoms with Gasteiger partial charge in [-0.05, 0) is 11.6 Å². The lowest BCUT2D eigenvalue weighted by molar-refractivity contribution is 0.226. The molecule has 0 spiro atoms. The summed E-state index contributed by atoms with van der Waals surface area (Å²) in [5, 5.41) is 12.3. The first-order valence-corrected chi connectivity index (χ1v) is 4.25. The molecule has 0 bridgehead atoms. The third-order valence-electron chi connectivity index (χ3n) is 2.55. The summed E-state index contributed by atoms with van der Waals surface area (Å²) in [5.74, 6) is 0.774. The van der Waals surface area contributed by atoms with Crippen molar-refractivity contribution in [1.82, 2.24) is 5.32 Å². The van der Waals surface area contributed by atoms with Crippen molar-refractivity contribution >= 4 is 12.4 Å². The van der Waals surface area contributed by atoms with E-state index in [-0.39, 0.29) is 19.0 Å². The third-order valence-corrected chi connectivity index (χ3v) is 2.55. The second-order valence-electron chi connectivity index (χ2n) is 3.26. The van der Waals surface area contributed by atoms with Crippen molar-refractivity contribution in [2.75, 3.05) is 19.7 Å². The smallest absolute Gasteiger partial charge is 0.0937 e. The van der Waals surface area contributed by atoms with Gasteiger partial charge in [0, 0.05) is 31.5 Å². The predicted molar refractivity (Wildman–Crippen MR) is 52.1 cm³/mol. The molecule has 1 aliphatic heterocycles. The van der Waals surface area contributed by atoms with Crippen molar-refractivity contribution in [3.8, 4) is 0 Å². The van der Waals surface area contributed by atoms with Crippen LogP contribution in [0.1, 0.15) is 11.5 Å². The molecule has 0 aliphatic carbocycles. The van der Waals surface area contributed by atoms with Gasteiger partial charge in [0.25, 0.3) is 0 Å². The second kappa shape index (κ2) is 4.65. The molecule has 1 saturated heterocycles. The van der Waals surface area contributed by atoms with Gasteiger partial charge < -0.3 is 14.8 Å². The van der Waals surface area contributed by atoms with E-state index in [1.54, 1.807) is 12.5 Å². The van der Waals surface area contributed by atoms with Gasteiger partial charge in [0.2, 0.25) is 0 Å². The molecule has 1 aromatic rings. The fraction of sp³-hybridized carbons (Fsp3) is 0.556. The molecule has 0 amide bonds. The minimum atomic E-state index is 0. The number of aliphatic hydroxyl groups excluding tert-OH is 1. The molecule has 4 heteroatoms. The summed E-state index contributed by atoms with van der Waals surface area (Å²) in [6.45, 7) is 2.11. The topological polar surface area (TPSA) is 45.4 Å². The molecule has 0 aromatic carbocycles. The Balaban J connectivity index is 0.000000845. The SMILES string of the molecule is Cl.OCC1CNCC1c1ccoc1. The van der Waals surface area contributed by atoms with E-state index in [4.69, 9.17) is 9.52 Å². The molecular weight excluding hydrogens is 190 g/mol. The maximum atomic E-state index is 9.06. The van der Waals surface area contributed by atoms with Gasteiger partial charge in [-0.2, -0.15) is 0 Å². The average Bonchev–Trinajstić information content (AvgIpc) is 2.74. The molecule has 2 N–H and O–H groups in total. The van der Waals surface area contributed by atoms with Gasteiger partial charge in [-0.25, -0.2) is 0 Å².